The smallest absolute Gasteiger partial charge is 0.154 e. The maximum atomic E-state index is 5.41. The molecule has 0 saturated heterocycles. The van der Waals surface area contributed by atoms with E-state index in [4.69, 9.17) is 9.47 Å². The lowest BCUT2D eigenvalue weighted by Crippen LogP contribution is -2.13. The highest BCUT2D eigenvalue weighted by molar-refractivity contribution is 4.40. The summed E-state index contributed by atoms with van der Waals surface area (Å²) >= 11 is 0. The Morgan fingerprint density at radius 3 is 2.33 bits per heavy atom. The van der Waals surface area contributed by atoms with Gasteiger partial charge in [0.05, 0.1) is 0 Å². The quantitative estimate of drug-likeness (QED) is 0.416. The average molecular weight is 174 g/mol. The van der Waals surface area contributed by atoms with E-state index in [2.05, 4.69) is 6.92 Å². The zero-order valence-electron chi connectivity index (χ0n) is 8.64. The maximum absolute atomic E-state index is 5.41. The molecule has 12 heavy (non-hydrogen) atoms. The van der Waals surface area contributed by atoms with E-state index in [0.29, 0.717) is 0 Å². The van der Waals surface area contributed by atoms with Crippen molar-refractivity contribution in [3.63, 3.8) is 0 Å². The minimum absolute atomic E-state index is 0.0309. The van der Waals surface area contributed by atoms with Crippen LogP contribution in [0.2, 0.25) is 0 Å². The highest BCUT2D eigenvalue weighted by Crippen LogP contribution is 2.01. The van der Waals surface area contributed by atoms with E-state index in [1.54, 1.807) is 0 Å². The lowest BCUT2D eigenvalue weighted by atomic mass is 10.2. The molecule has 0 aromatic heterocycles. The van der Waals surface area contributed by atoms with Crippen LogP contribution in [0.5, 0.6) is 0 Å². The van der Waals surface area contributed by atoms with Crippen molar-refractivity contribution >= 4 is 0 Å². The molecule has 0 spiro atoms. The van der Waals surface area contributed by atoms with Crippen molar-refractivity contribution in [2.45, 2.75) is 52.7 Å². The molecule has 0 bridgehead atoms. The van der Waals surface area contributed by atoms with Gasteiger partial charge in [0, 0.05) is 13.2 Å². The summed E-state index contributed by atoms with van der Waals surface area (Å²) in [5.74, 6) is 0. The summed E-state index contributed by atoms with van der Waals surface area (Å²) in [6.07, 6.45) is 4.99. The summed E-state index contributed by atoms with van der Waals surface area (Å²) < 4.78 is 10.6. The van der Waals surface area contributed by atoms with Gasteiger partial charge in [-0.05, 0) is 20.3 Å². The van der Waals surface area contributed by atoms with E-state index in [1.807, 2.05) is 13.8 Å². The van der Waals surface area contributed by atoms with Crippen LogP contribution < -0.4 is 0 Å². The van der Waals surface area contributed by atoms with E-state index < -0.39 is 0 Å². The second-order valence-corrected chi connectivity index (χ2v) is 2.95. The molecule has 0 rings (SSSR count). The molecule has 74 valence electrons. The number of unbranched alkanes of at least 4 members (excludes halogenated alkanes) is 3. The fraction of sp³-hybridized carbons (Fsp3) is 1.00. The molecule has 0 fully saturated rings. The van der Waals surface area contributed by atoms with Crippen LogP contribution in [-0.2, 0) is 9.47 Å². The van der Waals surface area contributed by atoms with Crippen molar-refractivity contribution in [1.29, 1.82) is 0 Å². The van der Waals surface area contributed by atoms with Crippen LogP contribution in [0.4, 0.5) is 0 Å². The van der Waals surface area contributed by atoms with Gasteiger partial charge in [-0.2, -0.15) is 0 Å². The normalized spacial score (nSPS) is 13.2. The summed E-state index contributed by atoms with van der Waals surface area (Å²) in [7, 11) is 0. The predicted octanol–water partition coefficient (Wildman–Crippen LogP) is 2.97. The number of rotatable bonds is 8. The maximum Gasteiger partial charge on any atom is 0.154 e. The molecule has 0 aliphatic rings. The van der Waals surface area contributed by atoms with Gasteiger partial charge in [0.1, 0.15) is 0 Å². The first-order valence-corrected chi connectivity index (χ1v) is 5.04. The Morgan fingerprint density at radius 2 is 1.75 bits per heavy atom. The molecule has 0 unspecified atom stereocenters. The van der Waals surface area contributed by atoms with Gasteiger partial charge in [-0.3, -0.25) is 0 Å². The Kier molecular flexibility index (Phi) is 8.95. The summed E-state index contributed by atoms with van der Waals surface area (Å²) in [6.45, 7) is 7.71. The second kappa shape index (κ2) is 9.01. The first-order chi connectivity index (χ1) is 5.81. The minimum atomic E-state index is -0.0309. The van der Waals surface area contributed by atoms with Gasteiger partial charge in [0.25, 0.3) is 0 Å². The summed E-state index contributed by atoms with van der Waals surface area (Å²) in [5, 5.41) is 0. The lowest BCUT2D eigenvalue weighted by Gasteiger charge is -2.12. The molecule has 0 aromatic carbocycles. The first-order valence-electron chi connectivity index (χ1n) is 5.04. The topological polar surface area (TPSA) is 18.5 Å². The zero-order valence-corrected chi connectivity index (χ0v) is 8.64. The van der Waals surface area contributed by atoms with Crippen molar-refractivity contribution in [3.8, 4) is 0 Å². The Balaban J connectivity index is 2.97. The molecule has 0 heterocycles. The van der Waals surface area contributed by atoms with E-state index in [9.17, 15) is 0 Å². The number of hydrogen-bond acceptors (Lipinski definition) is 2. The van der Waals surface area contributed by atoms with Crippen molar-refractivity contribution < 1.29 is 9.47 Å². The molecule has 0 N–H and O–H groups in total. The molecular weight excluding hydrogens is 152 g/mol. The Bertz CT molecular complexity index is 83.9. The van der Waals surface area contributed by atoms with Crippen molar-refractivity contribution in [2.24, 2.45) is 0 Å². The molecular formula is C10H22O2. The van der Waals surface area contributed by atoms with Gasteiger partial charge >= 0.3 is 0 Å². The molecule has 0 aliphatic heterocycles. The average Bonchev–Trinajstić information content (AvgIpc) is 2.05. The third-order valence-corrected chi connectivity index (χ3v) is 1.75. The van der Waals surface area contributed by atoms with Crippen molar-refractivity contribution in [1.82, 2.24) is 0 Å². The number of ether oxygens (including phenoxy) is 2. The van der Waals surface area contributed by atoms with Crippen LogP contribution in [0.1, 0.15) is 46.5 Å². The van der Waals surface area contributed by atoms with E-state index in [0.717, 1.165) is 19.6 Å². The van der Waals surface area contributed by atoms with Crippen LogP contribution in [-0.4, -0.2) is 19.5 Å². The van der Waals surface area contributed by atoms with E-state index >= 15 is 0 Å². The molecule has 1 atom stereocenters. The third-order valence-electron chi connectivity index (χ3n) is 1.75. The zero-order chi connectivity index (χ0) is 9.23. The molecule has 2 nitrogen and oxygen atoms in total. The summed E-state index contributed by atoms with van der Waals surface area (Å²) in [6, 6.07) is 0. The van der Waals surface area contributed by atoms with E-state index in [-0.39, 0.29) is 6.29 Å². The van der Waals surface area contributed by atoms with Crippen molar-refractivity contribution in [3.05, 3.63) is 0 Å². The second-order valence-electron chi connectivity index (χ2n) is 2.95. The largest absolute Gasteiger partial charge is 0.353 e. The highest BCUT2D eigenvalue weighted by atomic mass is 16.7. The molecule has 0 amide bonds. The SMILES string of the molecule is CCCCCCO[C@H](C)OCC. The molecule has 0 radical (unpaired) electrons. The Labute approximate surface area is 76.3 Å². The van der Waals surface area contributed by atoms with Crippen LogP contribution in [0, 0.1) is 0 Å². The standard InChI is InChI=1S/C10H22O2/c1-4-6-7-8-9-12-10(3)11-5-2/h10H,4-9H2,1-3H3/t10-/m1/s1. The van der Waals surface area contributed by atoms with Gasteiger partial charge < -0.3 is 9.47 Å². The van der Waals surface area contributed by atoms with Crippen LogP contribution in [0.15, 0.2) is 0 Å². The summed E-state index contributed by atoms with van der Waals surface area (Å²) in [5.41, 5.74) is 0. The first kappa shape index (κ1) is 11.9. The van der Waals surface area contributed by atoms with Crippen molar-refractivity contribution in [2.75, 3.05) is 13.2 Å². The van der Waals surface area contributed by atoms with Gasteiger partial charge in [0.2, 0.25) is 0 Å². The molecule has 0 aromatic rings. The highest BCUT2D eigenvalue weighted by Gasteiger charge is 1.98. The van der Waals surface area contributed by atoms with Gasteiger partial charge in [-0.1, -0.05) is 26.2 Å². The monoisotopic (exact) mass is 174 g/mol. The predicted molar refractivity (Wildman–Crippen MR) is 51.2 cm³/mol. The molecule has 0 saturated carbocycles. The fourth-order valence-corrected chi connectivity index (χ4v) is 1.06. The van der Waals surface area contributed by atoms with Gasteiger partial charge in [0.15, 0.2) is 6.29 Å². The van der Waals surface area contributed by atoms with Crippen LogP contribution in [0.3, 0.4) is 0 Å². The summed E-state index contributed by atoms with van der Waals surface area (Å²) in [4.78, 5) is 0. The fourth-order valence-electron chi connectivity index (χ4n) is 1.06. The number of hydrogen-bond donors (Lipinski definition) is 0. The van der Waals surface area contributed by atoms with Gasteiger partial charge in [-0.15, -0.1) is 0 Å². The van der Waals surface area contributed by atoms with E-state index in [1.165, 1.54) is 19.3 Å². The molecule has 0 aliphatic carbocycles. The third kappa shape index (κ3) is 8.02. The molecule has 2 heteroatoms. The minimum Gasteiger partial charge on any atom is -0.353 e. The van der Waals surface area contributed by atoms with Crippen LogP contribution in [0.25, 0.3) is 0 Å². The van der Waals surface area contributed by atoms with Crippen LogP contribution >= 0.6 is 0 Å². The Morgan fingerprint density at radius 1 is 1.00 bits per heavy atom. The Hall–Kier alpha value is -0.0800. The van der Waals surface area contributed by atoms with Gasteiger partial charge in [-0.25, -0.2) is 0 Å². The lowest BCUT2D eigenvalue weighted by molar-refractivity contribution is -0.127.